The predicted octanol–water partition coefficient (Wildman–Crippen LogP) is 0.651. The van der Waals surface area contributed by atoms with Crippen LogP contribution < -0.4 is 0 Å². The summed E-state index contributed by atoms with van der Waals surface area (Å²) in [5.74, 6) is -1.37. The molecule has 0 spiro atoms. The van der Waals surface area contributed by atoms with Crippen LogP contribution in [0.3, 0.4) is 0 Å². The topological polar surface area (TPSA) is 76.7 Å². The van der Waals surface area contributed by atoms with Crippen molar-refractivity contribution >= 4 is 12.4 Å². The van der Waals surface area contributed by atoms with Gasteiger partial charge in [0.05, 0.1) is 6.26 Å². The number of hydrogen-bond acceptors (Lipinski definition) is 4. The second-order valence-corrected chi connectivity index (χ2v) is 1.99. The minimum absolute atomic E-state index is 0.0817. The van der Waals surface area contributed by atoms with E-state index in [0.29, 0.717) is 5.56 Å². The van der Waals surface area contributed by atoms with Gasteiger partial charge in [-0.3, -0.25) is 4.79 Å². The maximum absolute atomic E-state index is 10.4. The third-order valence-corrected chi connectivity index (χ3v) is 1.25. The van der Waals surface area contributed by atoms with Crippen molar-refractivity contribution in [3.8, 4) is 0 Å². The van der Waals surface area contributed by atoms with Gasteiger partial charge in [-0.2, -0.15) is 0 Å². The summed E-state index contributed by atoms with van der Waals surface area (Å²) in [6, 6.07) is 1.44. The minimum atomic E-state index is -1.18. The van der Waals surface area contributed by atoms with E-state index >= 15 is 0 Å². The van der Waals surface area contributed by atoms with Gasteiger partial charge in [0, 0.05) is 5.56 Å². The quantitative estimate of drug-likeness (QED) is 0.671. The predicted molar refractivity (Wildman–Crippen MR) is 36.5 cm³/mol. The smallest absolute Gasteiger partial charge is 0.372 e. The third kappa shape index (κ3) is 1.63. The van der Waals surface area contributed by atoms with Crippen molar-refractivity contribution in [2.75, 3.05) is 0 Å². The Labute approximate surface area is 67.6 Å². The number of carboxylic acids is 1. The number of aromatic carboxylic acids is 1. The molecule has 0 fully saturated rings. The van der Waals surface area contributed by atoms with Crippen LogP contribution in [0.15, 0.2) is 16.7 Å². The first kappa shape index (κ1) is 8.32. The molecule has 0 saturated heterocycles. The van der Waals surface area contributed by atoms with Crippen molar-refractivity contribution in [3.05, 3.63) is 23.7 Å². The monoisotopic (exact) mass is 170 g/mol. The van der Waals surface area contributed by atoms with E-state index in [1.54, 1.807) is 0 Å². The van der Waals surface area contributed by atoms with E-state index in [4.69, 9.17) is 5.11 Å². The Morgan fingerprint density at radius 1 is 1.75 bits per heavy atom. The summed E-state index contributed by atoms with van der Waals surface area (Å²) in [6.45, 7) is 0.167. The molecule has 64 valence electrons. The van der Waals surface area contributed by atoms with Gasteiger partial charge in [0.1, 0.15) is 6.61 Å². The van der Waals surface area contributed by atoms with Crippen LogP contribution in [0.4, 0.5) is 0 Å². The number of carbonyl (C=O) groups is 2. The van der Waals surface area contributed by atoms with E-state index < -0.39 is 5.97 Å². The van der Waals surface area contributed by atoms with Crippen molar-refractivity contribution in [1.29, 1.82) is 0 Å². The van der Waals surface area contributed by atoms with Gasteiger partial charge in [-0.05, 0) is 6.07 Å². The summed E-state index contributed by atoms with van der Waals surface area (Å²) in [5, 5.41) is 8.52. The first-order valence-corrected chi connectivity index (χ1v) is 3.10. The van der Waals surface area contributed by atoms with Crippen LogP contribution in [-0.2, 0) is 16.1 Å². The Bertz CT molecular complexity index is 288. The second-order valence-electron chi connectivity index (χ2n) is 1.99. The molecular weight excluding hydrogens is 164 g/mol. The van der Waals surface area contributed by atoms with Crippen molar-refractivity contribution in [2.45, 2.75) is 6.61 Å². The Morgan fingerprint density at radius 2 is 2.50 bits per heavy atom. The van der Waals surface area contributed by atoms with Gasteiger partial charge in [0.2, 0.25) is 5.76 Å². The molecule has 0 aromatic carbocycles. The van der Waals surface area contributed by atoms with E-state index in [2.05, 4.69) is 9.15 Å². The zero-order valence-electron chi connectivity index (χ0n) is 6.02. The lowest BCUT2D eigenvalue weighted by Gasteiger charge is -1.95. The number of carboxylic acid groups (broad SMARTS) is 1. The molecule has 5 nitrogen and oxygen atoms in total. The van der Waals surface area contributed by atoms with Crippen molar-refractivity contribution in [2.24, 2.45) is 0 Å². The van der Waals surface area contributed by atoms with Crippen molar-refractivity contribution in [3.63, 3.8) is 0 Å². The fourth-order valence-electron chi connectivity index (χ4n) is 0.761. The van der Waals surface area contributed by atoms with Gasteiger partial charge in [0.15, 0.2) is 0 Å². The standard InChI is InChI=1S/C7H6O5/c8-4-11-3-5-1-2-12-6(5)7(9)10/h1-2,4H,3H2,(H,9,10). The summed E-state index contributed by atoms with van der Waals surface area (Å²) < 4.78 is 8.99. The van der Waals surface area contributed by atoms with E-state index in [1.807, 2.05) is 0 Å². The normalized spacial score (nSPS) is 9.33. The number of ether oxygens (including phenoxy) is 1. The molecule has 1 heterocycles. The fourth-order valence-corrected chi connectivity index (χ4v) is 0.761. The summed E-state index contributed by atoms with van der Waals surface area (Å²) in [5.41, 5.74) is 0.342. The largest absolute Gasteiger partial charge is 0.475 e. The average Bonchev–Trinajstić information content (AvgIpc) is 2.48. The molecular formula is C7H6O5. The van der Waals surface area contributed by atoms with E-state index in [-0.39, 0.29) is 18.8 Å². The van der Waals surface area contributed by atoms with Gasteiger partial charge >= 0.3 is 5.97 Å². The Balaban J connectivity index is 2.76. The van der Waals surface area contributed by atoms with E-state index in [0.717, 1.165) is 0 Å². The van der Waals surface area contributed by atoms with Gasteiger partial charge in [0.25, 0.3) is 6.47 Å². The Kier molecular flexibility index (Phi) is 2.47. The lowest BCUT2D eigenvalue weighted by molar-refractivity contribution is -0.129. The molecule has 5 heteroatoms. The van der Waals surface area contributed by atoms with Crippen molar-refractivity contribution < 1.29 is 23.8 Å². The van der Waals surface area contributed by atoms with E-state index in [1.165, 1.54) is 12.3 Å². The minimum Gasteiger partial charge on any atom is -0.475 e. The zero-order chi connectivity index (χ0) is 8.97. The van der Waals surface area contributed by atoms with Crippen LogP contribution in [0.1, 0.15) is 16.1 Å². The van der Waals surface area contributed by atoms with Crippen molar-refractivity contribution in [1.82, 2.24) is 0 Å². The number of hydrogen-bond donors (Lipinski definition) is 1. The number of furan rings is 1. The second kappa shape index (κ2) is 3.56. The highest BCUT2D eigenvalue weighted by Gasteiger charge is 2.13. The van der Waals surface area contributed by atoms with Crippen LogP contribution in [0, 0.1) is 0 Å². The van der Waals surface area contributed by atoms with Crippen LogP contribution in [0.5, 0.6) is 0 Å². The summed E-state index contributed by atoms with van der Waals surface area (Å²) in [7, 11) is 0. The van der Waals surface area contributed by atoms with Crippen LogP contribution in [-0.4, -0.2) is 17.5 Å². The van der Waals surface area contributed by atoms with Gasteiger partial charge in [-0.1, -0.05) is 0 Å². The average molecular weight is 170 g/mol. The highest BCUT2D eigenvalue weighted by Crippen LogP contribution is 2.10. The van der Waals surface area contributed by atoms with E-state index in [9.17, 15) is 9.59 Å². The first-order valence-electron chi connectivity index (χ1n) is 3.10. The summed E-state index contributed by atoms with van der Waals surface area (Å²) in [4.78, 5) is 20.2. The molecule has 12 heavy (non-hydrogen) atoms. The SMILES string of the molecule is O=COCc1ccoc1C(=O)O. The Hall–Kier alpha value is -1.78. The molecule has 1 rings (SSSR count). The first-order chi connectivity index (χ1) is 5.75. The van der Waals surface area contributed by atoms with Gasteiger partial charge in [-0.25, -0.2) is 4.79 Å². The molecule has 0 radical (unpaired) electrons. The molecule has 1 aromatic heterocycles. The zero-order valence-corrected chi connectivity index (χ0v) is 6.02. The highest BCUT2D eigenvalue weighted by molar-refractivity contribution is 5.86. The third-order valence-electron chi connectivity index (χ3n) is 1.25. The highest BCUT2D eigenvalue weighted by atomic mass is 16.5. The molecule has 0 bridgehead atoms. The lowest BCUT2D eigenvalue weighted by Crippen LogP contribution is -2.00. The fraction of sp³-hybridized carbons (Fsp3) is 0.143. The number of rotatable bonds is 4. The van der Waals surface area contributed by atoms with Crippen LogP contribution in [0.2, 0.25) is 0 Å². The van der Waals surface area contributed by atoms with Gasteiger partial charge in [-0.15, -0.1) is 0 Å². The molecule has 0 aliphatic heterocycles. The lowest BCUT2D eigenvalue weighted by atomic mass is 10.3. The maximum Gasteiger partial charge on any atom is 0.372 e. The summed E-state index contributed by atoms with van der Waals surface area (Å²) in [6.07, 6.45) is 1.23. The van der Waals surface area contributed by atoms with Gasteiger partial charge < -0.3 is 14.3 Å². The molecule has 1 N–H and O–H groups in total. The Morgan fingerprint density at radius 3 is 3.08 bits per heavy atom. The molecule has 0 unspecified atom stereocenters. The van der Waals surface area contributed by atoms with Crippen LogP contribution >= 0.6 is 0 Å². The molecule has 0 amide bonds. The molecule has 0 aliphatic carbocycles. The molecule has 0 atom stereocenters. The summed E-state index contributed by atoms with van der Waals surface area (Å²) >= 11 is 0. The van der Waals surface area contributed by atoms with Crippen LogP contribution in [0.25, 0.3) is 0 Å². The molecule has 0 aliphatic rings. The molecule has 0 saturated carbocycles. The molecule has 1 aromatic rings. The number of carbonyl (C=O) groups excluding carboxylic acids is 1. The maximum atomic E-state index is 10.4.